The van der Waals surface area contributed by atoms with E-state index >= 15 is 0 Å². The molecule has 0 N–H and O–H groups in total. The van der Waals surface area contributed by atoms with Crippen molar-refractivity contribution in [1.29, 1.82) is 0 Å². The zero-order valence-corrected chi connectivity index (χ0v) is 15.6. The molecular formula is C21H28O4. The maximum absolute atomic E-state index is 13.3. The monoisotopic (exact) mass is 344 g/mol. The maximum Gasteiger partial charge on any atom is 0.310 e. The SMILES string of the molecule is C[C@@H]1C[C@@H](C)[C@]2(C)CCC3C(=O)OC(c4ccoc4)C[C@]3(C)C2C1=O. The Kier molecular flexibility index (Phi) is 3.68. The largest absolute Gasteiger partial charge is 0.472 e. The zero-order chi connectivity index (χ0) is 18.0. The van der Waals surface area contributed by atoms with Crippen LogP contribution in [0.25, 0.3) is 0 Å². The molecular weight excluding hydrogens is 316 g/mol. The lowest BCUT2D eigenvalue weighted by molar-refractivity contribution is -0.201. The fourth-order valence-electron chi connectivity index (χ4n) is 6.22. The quantitative estimate of drug-likeness (QED) is 0.701. The third-order valence-electron chi connectivity index (χ3n) is 7.77. The molecule has 1 aromatic rings. The van der Waals surface area contributed by atoms with Gasteiger partial charge in [-0.15, -0.1) is 0 Å². The highest BCUT2D eigenvalue weighted by Gasteiger charge is 2.64. The molecule has 2 aliphatic carbocycles. The summed E-state index contributed by atoms with van der Waals surface area (Å²) >= 11 is 0. The van der Waals surface area contributed by atoms with Crippen LogP contribution < -0.4 is 0 Å². The maximum atomic E-state index is 13.3. The molecule has 0 radical (unpaired) electrons. The summed E-state index contributed by atoms with van der Waals surface area (Å²) in [5.74, 6) is 0.548. The van der Waals surface area contributed by atoms with Crippen LogP contribution in [0.5, 0.6) is 0 Å². The van der Waals surface area contributed by atoms with Gasteiger partial charge in [-0.1, -0.05) is 27.7 Å². The zero-order valence-electron chi connectivity index (χ0n) is 15.6. The van der Waals surface area contributed by atoms with Gasteiger partial charge < -0.3 is 9.15 Å². The highest BCUT2D eigenvalue weighted by Crippen LogP contribution is 2.65. The average Bonchev–Trinajstić information content (AvgIpc) is 3.06. The van der Waals surface area contributed by atoms with Crippen LogP contribution in [0.2, 0.25) is 0 Å². The van der Waals surface area contributed by atoms with Gasteiger partial charge >= 0.3 is 5.97 Å². The van der Waals surface area contributed by atoms with E-state index in [0.717, 1.165) is 24.8 Å². The molecule has 0 spiro atoms. The van der Waals surface area contributed by atoms with E-state index in [1.165, 1.54) is 0 Å². The van der Waals surface area contributed by atoms with E-state index < -0.39 is 0 Å². The number of furan rings is 1. The van der Waals surface area contributed by atoms with Crippen molar-refractivity contribution >= 4 is 11.8 Å². The van der Waals surface area contributed by atoms with Crippen molar-refractivity contribution < 1.29 is 18.7 Å². The van der Waals surface area contributed by atoms with E-state index in [-0.39, 0.29) is 40.7 Å². The molecule has 2 saturated carbocycles. The van der Waals surface area contributed by atoms with Crippen molar-refractivity contribution in [2.24, 2.45) is 34.5 Å². The topological polar surface area (TPSA) is 56.5 Å². The van der Waals surface area contributed by atoms with E-state index in [2.05, 4.69) is 27.7 Å². The fourth-order valence-corrected chi connectivity index (χ4v) is 6.22. The number of Topliss-reactive ketones (excluding diaryl/α,β-unsaturated/α-hetero) is 1. The third-order valence-corrected chi connectivity index (χ3v) is 7.77. The summed E-state index contributed by atoms with van der Waals surface area (Å²) < 4.78 is 11.0. The van der Waals surface area contributed by atoms with Gasteiger partial charge in [-0.2, -0.15) is 0 Å². The van der Waals surface area contributed by atoms with Crippen molar-refractivity contribution in [2.45, 2.75) is 59.5 Å². The van der Waals surface area contributed by atoms with Crippen molar-refractivity contribution in [3.63, 3.8) is 0 Å². The van der Waals surface area contributed by atoms with Crippen molar-refractivity contribution in [2.75, 3.05) is 0 Å². The summed E-state index contributed by atoms with van der Waals surface area (Å²) in [6.07, 6.45) is 6.37. The van der Waals surface area contributed by atoms with Crippen LogP contribution >= 0.6 is 0 Å². The normalized spacial score (nSPS) is 47.0. The Hall–Kier alpha value is -1.58. The van der Waals surface area contributed by atoms with E-state index in [9.17, 15) is 9.59 Å². The van der Waals surface area contributed by atoms with Crippen molar-refractivity contribution in [3.05, 3.63) is 24.2 Å². The van der Waals surface area contributed by atoms with Crippen LogP contribution in [-0.2, 0) is 14.3 Å². The minimum absolute atomic E-state index is 0.0204. The van der Waals surface area contributed by atoms with E-state index in [0.29, 0.717) is 18.1 Å². The van der Waals surface area contributed by atoms with Crippen molar-refractivity contribution in [1.82, 2.24) is 0 Å². The summed E-state index contributed by atoms with van der Waals surface area (Å²) in [4.78, 5) is 26.1. The number of fused-ring (bicyclic) bond motifs is 3. The van der Waals surface area contributed by atoms with Crippen LogP contribution in [0.15, 0.2) is 23.0 Å². The summed E-state index contributed by atoms with van der Waals surface area (Å²) in [6.45, 7) is 8.78. The average molecular weight is 344 g/mol. The smallest absolute Gasteiger partial charge is 0.310 e. The van der Waals surface area contributed by atoms with Gasteiger partial charge in [0.05, 0.1) is 18.4 Å². The number of hydrogen-bond acceptors (Lipinski definition) is 4. The number of rotatable bonds is 1. The molecule has 4 heteroatoms. The third kappa shape index (κ3) is 2.25. The van der Waals surface area contributed by atoms with Crippen LogP contribution in [0.3, 0.4) is 0 Å². The molecule has 0 aromatic carbocycles. The summed E-state index contributed by atoms with van der Waals surface area (Å²) in [7, 11) is 0. The molecule has 0 bridgehead atoms. The van der Waals surface area contributed by atoms with Gasteiger partial charge in [0.15, 0.2) is 0 Å². The predicted molar refractivity (Wildman–Crippen MR) is 92.5 cm³/mol. The number of ether oxygens (including phenoxy) is 1. The van der Waals surface area contributed by atoms with Crippen LogP contribution in [0.4, 0.5) is 0 Å². The molecule has 1 aromatic heterocycles. The Morgan fingerprint density at radius 1 is 1.16 bits per heavy atom. The van der Waals surface area contributed by atoms with Gasteiger partial charge in [-0.05, 0) is 48.5 Å². The first-order chi connectivity index (χ1) is 11.8. The second kappa shape index (κ2) is 5.46. The lowest BCUT2D eigenvalue weighted by Crippen LogP contribution is -2.61. The first-order valence-electron chi connectivity index (χ1n) is 9.53. The Balaban J connectivity index is 1.78. The molecule has 1 aliphatic heterocycles. The number of ketones is 1. The minimum Gasteiger partial charge on any atom is -0.472 e. The summed E-state index contributed by atoms with van der Waals surface area (Å²) in [6, 6.07) is 1.86. The summed E-state index contributed by atoms with van der Waals surface area (Å²) in [5.41, 5.74) is 0.530. The molecule has 4 rings (SSSR count). The highest BCUT2D eigenvalue weighted by molar-refractivity contribution is 5.87. The lowest BCUT2D eigenvalue weighted by Gasteiger charge is -2.61. The summed E-state index contributed by atoms with van der Waals surface area (Å²) in [5, 5.41) is 0. The molecule has 3 unspecified atom stereocenters. The lowest BCUT2D eigenvalue weighted by atomic mass is 9.42. The molecule has 25 heavy (non-hydrogen) atoms. The molecule has 1 saturated heterocycles. The number of cyclic esters (lactones) is 1. The standard InChI is InChI=1S/C21H28O4/c1-12-9-13(2)20(3)7-5-15-19(23)25-16(14-6-8-24-11-14)10-21(15,4)18(20)17(12)22/h6,8,11-13,15-16,18H,5,7,9-10H2,1-4H3/t12-,13-,15?,16?,18?,20+,21+/m1/s1. The second-order valence-electron chi connectivity index (χ2n) is 9.16. The number of esters is 1. The Labute approximate surface area is 149 Å². The Bertz CT molecular complexity index is 693. The molecule has 136 valence electrons. The number of carbonyl (C=O) groups is 2. The fraction of sp³-hybridized carbons (Fsp3) is 0.714. The van der Waals surface area contributed by atoms with Gasteiger partial charge in [-0.25, -0.2) is 0 Å². The van der Waals surface area contributed by atoms with Crippen LogP contribution in [0.1, 0.15) is 65.0 Å². The van der Waals surface area contributed by atoms with Gasteiger partial charge in [0.1, 0.15) is 11.9 Å². The highest BCUT2D eigenvalue weighted by atomic mass is 16.5. The molecule has 3 aliphatic rings. The first-order valence-corrected chi connectivity index (χ1v) is 9.53. The predicted octanol–water partition coefficient (Wildman–Crippen LogP) is 4.55. The Morgan fingerprint density at radius 2 is 1.92 bits per heavy atom. The second-order valence-corrected chi connectivity index (χ2v) is 9.16. The first kappa shape index (κ1) is 16.9. The van der Waals surface area contributed by atoms with Gasteiger partial charge in [0.25, 0.3) is 0 Å². The van der Waals surface area contributed by atoms with Gasteiger partial charge in [-0.3, -0.25) is 9.59 Å². The molecule has 0 amide bonds. The van der Waals surface area contributed by atoms with Crippen LogP contribution in [0, 0.1) is 34.5 Å². The van der Waals surface area contributed by atoms with Gasteiger partial charge in [0, 0.05) is 17.4 Å². The van der Waals surface area contributed by atoms with Crippen molar-refractivity contribution in [3.8, 4) is 0 Å². The molecule has 7 atom stereocenters. The van der Waals surface area contributed by atoms with E-state index in [1.807, 2.05) is 6.07 Å². The number of carbonyl (C=O) groups excluding carboxylic acids is 2. The van der Waals surface area contributed by atoms with E-state index in [4.69, 9.17) is 9.15 Å². The van der Waals surface area contributed by atoms with Crippen LogP contribution in [-0.4, -0.2) is 11.8 Å². The molecule has 2 heterocycles. The molecule has 3 fully saturated rings. The molecule has 4 nitrogen and oxygen atoms in total. The Morgan fingerprint density at radius 3 is 2.60 bits per heavy atom. The van der Waals surface area contributed by atoms with Gasteiger partial charge in [0.2, 0.25) is 0 Å². The van der Waals surface area contributed by atoms with E-state index in [1.54, 1.807) is 12.5 Å². The minimum atomic E-state index is -0.343. The number of hydrogen-bond donors (Lipinski definition) is 0.